The van der Waals surface area contributed by atoms with Crippen molar-refractivity contribution in [1.29, 1.82) is 0 Å². The summed E-state index contributed by atoms with van der Waals surface area (Å²) in [4.78, 5) is 21.7. The van der Waals surface area contributed by atoms with Crippen molar-refractivity contribution in [3.63, 3.8) is 0 Å². The highest BCUT2D eigenvalue weighted by Crippen LogP contribution is 2.32. The van der Waals surface area contributed by atoms with Gasteiger partial charge in [0.05, 0.1) is 24.9 Å². The number of aromatic nitrogens is 3. The molecule has 0 N–H and O–H groups in total. The number of hydrogen-bond donors (Lipinski definition) is 0. The highest BCUT2D eigenvalue weighted by atomic mass is 16.5. The molecule has 1 aromatic carbocycles. The van der Waals surface area contributed by atoms with Crippen molar-refractivity contribution in [2.45, 2.75) is 18.9 Å². The van der Waals surface area contributed by atoms with Crippen LogP contribution in [0.15, 0.2) is 42.6 Å². The maximum Gasteiger partial charge on any atom is 0.257 e. The van der Waals surface area contributed by atoms with Gasteiger partial charge in [-0.15, -0.1) is 0 Å². The van der Waals surface area contributed by atoms with E-state index < -0.39 is 0 Å². The summed E-state index contributed by atoms with van der Waals surface area (Å²) in [6, 6.07) is 11.4. The zero-order valence-electron chi connectivity index (χ0n) is 17.2. The Morgan fingerprint density at radius 3 is 2.86 bits per heavy atom. The number of methoxy groups -OCH3 is 1. The van der Waals surface area contributed by atoms with Crippen LogP contribution in [0.2, 0.25) is 0 Å². The van der Waals surface area contributed by atoms with E-state index in [1.165, 1.54) is 0 Å². The molecule has 0 aliphatic carbocycles. The van der Waals surface area contributed by atoms with Gasteiger partial charge in [0.25, 0.3) is 5.91 Å². The molecule has 1 fully saturated rings. The van der Waals surface area contributed by atoms with Gasteiger partial charge in [-0.3, -0.25) is 4.79 Å². The molecule has 4 rings (SSSR count). The van der Waals surface area contributed by atoms with E-state index >= 15 is 0 Å². The SMILES string of the molecule is COc1ccccc1C(=O)N1CC[C@@H](c2nn(CCN(C)C)c3ncccc23)C1. The van der Waals surface area contributed by atoms with Gasteiger partial charge < -0.3 is 14.5 Å². The number of fused-ring (bicyclic) bond motifs is 1. The average Bonchev–Trinajstić information content (AvgIpc) is 3.36. The fraction of sp³-hybridized carbons (Fsp3) is 0.409. The number of carbonyl (C=O) groups is 1. The lowest BCUT2D eigenvalue weighted by Gasteiger charge is -2.18. The Hall–Kier alpha value is -2.93. The topological polar surface area (TPSA) is 63.5 Å². The number of amides is 1. The molecule has 1 amide bonds. The summed E-state index contributed by atoms with van der Waals surface area (Å²) in [7, 11) is 5.70. The van der Waals surface area contributed by atoms with Crippen molar-refractivity contribution >= 4 is 16.9 Å². The zero-order chi connectivity index (χ0) is 20.4. The van der Waals surface area contributed by atoms with Crippen LogP contribution in [-0.2, 0) is 6.54 Å². The largest absolute Gasteiger partial charge is 0.496 e. The van der Waals surface area contributed by atoms with Gasteiger partial charge in [0, 0.05) is 37.1 Å². The molecule has 7 nitrogen and oxygen atoms in total. The number of hydrogen-bond acceptors (Lipinski definition) is 5. The summed E-state index contributed by atoms with van der Waals surface area (Å²) < 4.78 is 7.36. The van der Waals surface area contributed by atoms with Gasteiger partial charge in [0.15, 0.2) is 5.65 Å². The Kier molecular flexibility index (Phi) is 5.49. The van der Waals surface area contributed by atoms with Crippen LogP contribution in [0.5, 0.6) is 5.75 Å². The van der Waals surface area contributed by atoms with Gasteiger partial charge >= 0.3 is 0 Å². The highest BCUT2D eigenvalue weighted by molar-refractivity contribution is 5.97. The number of para-hydroxylation sites is 1. The zero-order valence-corrected chi connectivity index (χ0v) is 17.2. The Morgan fingerprint density at radius 2 is 2.07 bits per heavy atom. The third-order valence-corrected chi connectivity index (χ3v) is 5.49. The molecule has 7 heteroatoms. The summed E-state index contributed by atoms with van der Waals surface area (Å²) in [6.45, 7) is 3.06. The van der Waals surface area contributed by atoms with Crippen molar-refractivity contribution in [3.8, 4) is 5.75 Å². The predicted octanol–water partition coefficient (Wildman–Crippen LogP) is 2.63. The fourth-order valence-electron chi connectivity index (χ4n) is 3.95. The molecule has 3 heterocycles. The Balaban J connectivity index is 1.58. The molecule has 3 aromatic rings. The Bertz CT molecular complexity index is 1010. The molecular formula is C22H27N5O2. The number of rotatable bonds is 6. The van der Waals surface area contributed by atoms with Crippen molar-refractivity contribution < 1.29 is 9.53 Å². The minimum atomic E-state index is 0.0134. The maximum atomic E-state index is 13.1. The van der Waals surface area contributed by atoms with Crippen LogP contribution in [0.1, 0.15) is 28.4 Å². The number of ether oxygens (including phenoxy) is 1. The first-order valence-electron chi connectivity index (χ1n) is 9.97. The lowest BCUT2D eigenvalue weighted by Crippen LogP contribution is -2.28. The van der Waals surface area contributed by atoms with E-state index in [1.54, 1.807) is 7.11 Å². The molecule has 1 atom stereocenters. The standard InChI is InChI=1S/C22H27N5O2/c1-25(2)13-14-27-21-18(8-6-11-23-21)20(24-27)16-10-12-26(15-16)22(28)17-7-4-5-9-19(17)29-3/h4-9,11,16H,10,12-15H2,1-3H3/t16-/m1/s1. The monoisotopic (exact) mass is 393 g/mol. The second kappa shape index (κ2) is 8.21. The third kappa shape index (κ3) is 3.82. The fourth-order valence-corrected chi connectivity index (χ4v) is 3.95. The van der Waals surface area contributed by atoms with E-state index in [-0.39, 0.29) is 11.8 Å². The lowest BCUT2D eigenvalue weighted by atomic mass is 10.0. The summed E-state index contributed by atoms with van der Waals surface area (Å²) in [5.41, 5.74) is 2.57. The van der Waals surface area contributed by atoms with Crippen molar-refractivity contribution in [3.05, 3.63) is 53.9 Å². The third-order valence-electron chi connectivity index (χ3n) is 5.49. The van der Waals surface area contributed by atoms with E-state index in [4.69, 9.17) is 9.84 Å². The molecule has 0 unspecified atom stereocenters. The minimum absolute atomic E-state index is 0.0134. The van der Waals surface area contributed by atoms with Gasteiger partial charge in [-0.05, 0) is 44.8 Å². The van der Waals surface area contributed by atoms with Gasteiger partial charge in [-0.1, -0.05) is 12.1 Å². The molecule has 0 bridgehead atoms. The Morgan fingerprint density at radius 1 is 1.24 bits per heavy atom. The molecule has 0 radical (unpaired) electrons. The van der Waals surface area contributed by atoms with Gasteiger partial charge in [0.1, 0.15) is 5.75 Å². The van der Waals surface area contributed by atoms with Crippen LogP contribution >= 0.6 is 0 Å². The summed E-state index contributed by atoms with van der Waals surface area (Å²) in [5.74, 6) is 0.837. The summed E-state index contributed by atoms with van der Waals surface area (Å²) in [6.07, 6.45) is 2.71. The number of pyridine rings is 1. The summed E-state index contributed by atoms with van der Waals surface area (Å²) >= 11 is 0. The highest BCUT2D eigenvalue weighted by Gasteiger charge is 2.32. The number of carbonyl (C=O) groups excluding carboxylic acids is 1. The number of likely N-dealkylation sites (N-methyl/N-ethyl adjacent to an activating group) is 1. The molecular weight excluding hydrogens is 366 g/mol. The van der Waals surface area contributed by atoms with Gasteiger partial charge in [-0.25, -0.2) is 9.67 Å². The van der Waals surface area contributed by atoms with Gasteiger partial charge in [-0.2, -0.15) is 5.10 Å². The molecule has 0 saturated carbocycles. The van der Waals surface area contributed by atoms with E-state index in [0.29, 0.717) is 24.4 Å². The minimum Gasteiger partial charge on any atom is -0.496 e. The lowest BCUT2D eigenvalue weighted by molar-refractivity contribution is 0.0787. The van der Waals surface area contributed by atoms with Crippen LogP contribution in [0.3, 0.4) is 0 Å². The van der Waals surface area contributed by atoms with Crippen molar-refractivity contribution in [2.75, 3.05) is 40.8 Å². The van der Waals surface area contributed by atoms with Crippen LogP contribution in [0.4, 0.5) is 0 Å². The molecule has 0 spiro atoms. The number of likely N-dealkylation sites (tertiary alicyclic amines) is 1. The normalized spacial score (nSPS) is 16.7. The predicted molar refractivity (Wildman–Crippen MR) is 112 cm³/mol. The first kappa shape index (κ1) is 19.4. The Labute approximate surface area is 170 Å². The van der Waals surface area contributed by atoms with Crippen LogP contribution in [-0.4, -0.2) is 71.3 Å². The molecule has 1 saturated heterocycles. The van der Waals surface area contributed by atoms with Crippen molar-refractivity contribution in [2.24, 2.45) is 0 Å². The second-order valence-corrected chi connectivity index (χ2v) is 7.72. The van der Waals surface area contributed by atoms with E-state index in [9.17, 15) is 4.79 Å². The quantitative estimate of drug-likeness (QED) is 0.644. The first-order valence-corrected chi connectivity index (χ1v) is 9.97. The van der Waals surface area contributed by atoms with E-state index in [2.05, 4.69) is 30.0 Å². The maximum absolute atomic E-state index is 13.1. The van der Waals surface area contributed by atoms with Crippen molar-refractivity contribution in [1.82, 2.24) is 24.6 Å². The smallest absolute Gasteiger partial charge is 0.257 e. The molecule has 152 valence electrons. The summed E-state index contributed by atoms with van der Waals surface area (Å²) in [5, 5.41) is 5.99. The molecule has 1 aliphatic rings. The van der Waals surface area contributed by atoms with Gasteiger partial charge in [0.2, 0.25) is 0 Å². The van der Waals surface area contributed by atoms with Crippen LogP contribution in [0.25, 0.3) is 11.0 Å². The second-order valence-electron chi connectivity index (χ2n) is 7.72. The molecule has 2 aromatic heterocycles. The number of benzene rings is 1. The molecule has 1 aliphatic heterocycles. The van der Waals surface area contributed by atoms with E-state index in [0.717, 1.165) is 36.2 Å². The van der Waals surface area contributed by atoms with E-state index in [1.807, 2.05) is 46.1 Å². The first-order chi connectivity index (χ1) is 14.1. The van der Waals surface area contributed by atoms with Crippen LogP contribution < -0.4 is 4.74 Å². The number of nitrogens with zero attached hydrogens (tertiary/aromatic N) is 5. The average molecular weight is 393 g/mol. The molecule has 29 heavy (non-hydrogen) atoms. The van der Waals surface area contributed by atoms with Crippen LogP contribution in [0, 0.1) is 0 Å².